The molecule has 0 unspecified atom stereocenters. The van der Waals surface area contributed by atoms with Gasteiger partial charge >= 0.3 is 0 Å². The second-order valence-electron chi connectivity index (χ2n) is 7.66. The quantitative estimate of drug-likeness (QED) is 0.233. The van der Waals surface area contributed by atoms with Crippen molar-refractivity contribution in [3.63, 3.8) is 0 Å². The summed E-state index contributed by atoms with van der Waals surface area (Å²) in [7, 11) is 5.06. The molecular formula is C25H29BrNO4+. The Hall–Kier alpha value is -2.47. The van der Waals surface area contributed by atoms with Crippen LogP contribution in [0.4, 0.5) is 0 Å². The number of halogens is 1. The topological polar surface area (TPSA) is 40.8 Å². The molecule has 6 heteroatoms. The Bertz CT molecular complexity index is 1080. The number of nitrogens with zero attached hydrogens (tertiary/aromatic N) is 1. The number of methoxy groups -OCH3 is 3. The summed E-state index contributed by atoms with van der Waals surface area (Å²) in [6.07, 6.45) is 6.45. The maximum Gasteiger partial charge on any atom is 0.213 e. The van der Waals surface area contributed by atoms with Gasteiger partial charge in [-0.15, -0.1) is 0 Å². The molecule has 0 fully saturated rings. The molecule has 0 radical (unpaired) electrons. The van der Waals surface area contributed by atoms with Crippen molar-refractivity contribution in [3.8, 4) is 34.3 Å². The van der Waals surface area contributed by atoms with E-state index in [0.29, 0.717) is 6.61 Å². The van der Waals surface area contributed by atoms with E-state index in [1.165, 1.54) is 16.8 Å². The number of fused-ring (bicyclic) bond motifs is 4. The highest BCUT2D eigenvalue weighted by molar-refractivity contribution is 9.09. The molecule has 0 spiro atoms. The van der Waals surface area contributed by atoms with E-state index in [9.17, 15) is 0 Å². The van der Waals surface area contributed by atoms with E-state index in [4.69, 9.17) is 18.9 Å². The van der Waals surface area contributed by atoms with Gasteiger partial charge in [-0.25, -0.2) is 0 Å². The number of aromatic nitrogens is 1. The fourth-order valence-corrected chi connectivity index (χ4v) is 4.61. The van der Waals surface area contributed by atoms with Gasteiger partial charge in [0.25, 0.3) is 0 Å². The Morgan fingerprint density at radius 1 is 0.903 bits per heavy atom. The van der Waals surface area contributed by atoms with Crippen molar-refractivity contribution in [1.29, 1.82) is 0 Å². The summed E-state index contributed by atoms with van der Waals surface area (Å²) in [5.41, 5.74) is 3.65. The standard InChI is InChI=1S/C25H29BrNO4/c1-28-22-8-7-17-13-21-19-15-24(31-12-6-4-5-10-26)23(29-2)14-18(19)9-11-27(21)16-20(17)25(22)30-3/h7-8,13-16H,4-6,9-12H2,1-3H3/q+1. The normalized spacial score (nSPS) is 12.3. The first-order chi connectivity index (χ1) is 15.2. The second-order valence-corrected chi connectivity index (χ2v) is 8.46. The maximum absolute atomic E-state index is 6.12. The minimum Gasteiger partial charge on any atom is -0.493 e. The lowest BCUT2D eigenvalue weighted by atomic mass is 9.95. The van der Waals surface area contributed by atoms with Gasteiger partial charge in [-0.2, -0.15) is 4.57 Å². The Morgan fingerprint density at radius 3 is 2.48 bits per heavy atom. The van der Waals surface area contributed by atoms with Crippen LogP contribution < -0.4 is 23.5 Å². The van der Waals surface area contributed by atoms with Crippen molar-refractivity contribution < 1.29 is 23.5 Å². The summed E-state index contributed by atoms with van der Waals surface area (Å²) in [5.74, 6) is 3.12. The maximum atomic E-state index is 6.12. The van der Waals surface area contributed by atoms with Crippen molar-refractivity contribution in [1.82, 2.24) is 0 Å². The lowest BCUT2D eigenvalue weighted by molar-refractivity contribution is -0.686. The highest BCUT2D eigenvalue weighted by atomic mass is 79.9. The smallest absolute Gasteiger partial charge is 0.213 e. The molecule has 0 N–H and O–H groups in total. The minimum absolute atomic E-state index is 0.691. The summed E-state index contributed by atoms with van der Waals surface area (Å²) in [6, 6.07) is 10.5. The van der Waals surface area contributed by atoms with Gasteiger partial charge in [0.15, 0.2) is 35.7 Å². The highest BCUT2D eigenvalue weighted by Gasteiger charge is 2.27. The SMILES string of the molecule is COc1cc2c(cc1OCCCCCBr)-c1cc3ccc(OC)c(OC)c3c[n+]1CC2. The number of hydrogen-bond acceptors (Lipinski definition) is 4. The Labute approximate surface area is 192 Å². The molecule has 0 amide bonds. The van der Waals surface area contributed by atoms with E-state index >= 15 is 0 Å². The average Bonchev–Trinajstić information content (AvgIpc) is 2.81. The van der Waals surface area contributed by atoms with E-state index in [1.807, 2.05) is 6.07 Å². The van der Waals surface area contributed by atoms with E-state index in [1.54, 1.807) is 21.3 Å². The van der Waals surface area contributed by atoms with Gasteiger partial charge in [0.05, 0.1) is 38.9 Å². The van der Waals surface area contributed by atoms with Crippen molar-refractivity contribution >= 4 is 26.7 Å². The van der Waals surface area contributed by atoms with E-state index < -0.39 is 0 Å². The fourth-order valence-electron chi connectivity index (χ4n) is 4.21. The Morgan fingerprint density at radius 2 is 1.74 bits per heavy atom. The van der Waals surface area contributed by atoms with Crippen molar-refractivity contribution in [2.75, 3.05) is 33.3 Å². The van der Waals surface area contributed by atoms with Crippen LogP contribution >= 0.6 is 15.9 Å². The van der Waals surface area contributed by atoms with Crippen molar-refractivity contribution in [3.05, 3.63) is 42.1 Å². The average molecular weight is 487 g/mol. The molecule has 4 rings (SSSR count). The van der Waals surface area contributed by atoms with E-state index in [-0.39, 0.29) is 0 Å². The molecule has 0 bridgehead atoms. The molecule has 1 aliphatic heterocycles. The van der Waals surface area contributed by atoms with Gasteiger partial charge in [-0.3, -0.25) is 0 Å². The highest BCUT2D eigenvalue weighted by Crippen LogP contribution is 2.40. The second kappa shape index (κ2) is 9.77. The van der Waals surface area contributed by atoms with Gasteiger partial charge < -0.3 is 18.9 Å². The summed E-state index contributed by atoms with van der Waals surface area (Å²) in [5, 5.41) is 3.20. The molecule has 5 nitrogen and oxygen atoms in total. The summed E-state index contributed by atoms with van der Waals surface area (Å²) in [6.45, 7) is 1.59. The third-order valence-electron chi connectivity index (χ3n) is 5.83. The largest absolute Gasteiger partial charge is 0.493 e. The van der Waals surface area contributed by atoms with Gasteiger partial charge in [0, 0.05) is 17.8 Å². The van der Waals surface area contributed by atoms with Crippen LogP contribution in [0.3, 0.4) is 0 Å². The van der Waals surface area contributed by atoms with Crippen LogP contribution in [0.15, 0.2) is 36.5 Å². The number of unbranched alkanes of at least 4 members (excludes halogenated alkanes) is 2. The van der Waals surface area contributed by atoms with Crippen LogP contribution in [0.1, 0.15) is 24.8 Å². The molecule has 2 heterocycles. The molecule has 31 heavy (non-hydrogen) atoms. The number of alkyl halides is 1. The first kappa shape index (κ1) is 21.8. The van der Waals surface area contributed by atoms with Gasteiger partial charge in [-0.1, -0.05) is 15.9 Å². The van der Waals surface area contributed by atoms with Crippen LogP contribution in [-0.4, -0.2) is 33.3 Å². The van der Waals surface area contributed by atoms with E-state index in [2.05, 4.69) is 51.0 Å². The van der Waals surface area contributed by atoms with Gasteiger partial charge in [0.2, 0.25) is 5.69 Å². The van der Waals surface area contributed by atoms with Crippen molar-refractivity contribution in [2.45, 2.75) is 32.2 Å². The first-order valence-electron chi connectivity index (χ1n) is 10.7. The van der Waals surface area contributed by atoms with Crippen LogP contribution in [0, 0.1) is 0 Å². The molecule has 0 aliphatic carbocycles. The zero-order valence-corrected chi connectivity index (χ0v) is 20.0. The Balaban J connectivity index is 1.73. The summed E-state index contributed by atoms with van der Waals surface area (Å²) < 4.78 is 25.2. The number of hydrogen-bond donors (Lipinski definition) is 0. The predicted octanol–water partition coefficient (Wildman–Crippen LogP) is 5.32. The third kappa shape index (κ3) is 4.31. The fraction of sp³-hybridized carbons (Fsp3) is 0.400. The number of pyridine rings is 1. The summed E-state index contributed by atoms with van der Waals surface area (Å²) >= 11 is 3.48. The van der Waals surface area contributed by atoms with Gasteiger partial charge in [-0.05, 0) is 54.5 Å². The molecule has 0 atom stereocenters. The van der Waals surface area contributed by atoms with E-state index in [0.717, 1.165) is 71.3 Å². The summed E-state index contributed by atoms with van der Waals surface area (Å²) in [4.78, 5) is 0. The molecule has 164 valence electrons. The predicted molar refractivity (Wildman–Crippen MR) is 126 cm³/mol. The molecular weight excluding hydrogens is 458 g/mol. The lowest BCUT2D eigenvalue weighted by Crippen LogP contribution is -2.40. The number of ether oxygens (including phenoxy) is 4. The number of rotatable bonds is 9. The zero-order chi connectivity index (χ0) is 21.8. The molecule has 0 saturated carbocycles. The van der Waals surface area contributed by atoms with Crippen molar-refractivity contribution in [2.24, 2.45) is 0 Å². The Kier molecular flexibility index (Phi) is 6.86. The van der Waals surface area contributed by atoms with Crippen LogP contribution in [-0.2, 0) is 13.0 Å². The molecule has 0 saturated heterocycles. The first-order valence-corrected chi connectivity index (χ1v) is 11.8. The molecule has 3 aromatic rings. The van der Waals surface area contributed by atoms with Crippen LogP contribution in [0.5, 0.6) is 23.0 Å². The zero-order valence-electron chi connectivity index (χ0n) is 18.4. The lowest BCUT2D eigenvalue weighted by Gasteiger charge is -2.19. The molecule has 1 aromatic heterocycles. The molecule has 2 aromatic carbocycles. The third-order valence-corrected chi connectivity index (χ3v) is 6.39. The van der Waals surface area contributed by atoms with Gasteiger partial charge in [0.1, 0.15) is 0 Å². The minimum atomic E-state index is 0.691. The van der Waals surface area contributed by atoms with Crippen LogP contribution in [0.25, 0.3) is 22.0 Å². The number of aryl methyl sites for hydroxylation is 2. The molecule has 1 aliphatic rings. The van der Waals surface area contributed by atoms with Crippen LogP contribution in [0.2, 0.25) is 0 Å². The number of benzene rings is 2. The monoisotopic (exact) mass is 486 g/mol.